The van der Waals surface area contributed by atoms with Crippen molar-refractivity contribution in [1.29, 1.82) is 5.26 Å². The highest BCUT2D eigenvalue weighted by Crippen LogP contribution is 2.30. The van der Waals surface area contributed by atoms with Gasteiger partial charge in [0.25, 0.3) is 0 Å². The van der Waals surface area contributed by atoms with Crippen LogP contribution in [-0.2, 0) is 0 Å². The molecule has 95 heavy (non-hydrogen) atoms. The molecule has 18 heteroatoms. The van der Waals surface area contributed by atoms with Crippen molar-refractivity contribution in [3.05, 3.63) is 304 Å². The van der Waals surface area contributed by atoms with Crippen molar-refractivity contribution in [2.45, 2.75) is 44.7 Å². The molecule has 2 aliphatic heterocycles. The van der Waals surface area contributed by atoms with Gasteiger partial charge in [-0.2, -0.15) is 5.26 Å². The summed E-state index contributed by atoms with van der Waals surface area (Å²) in [5.41, 5.74) is 7.01. The number of aromatic carboxylic acids is 3. The number of piperazine rings is 2. The Morgan fingerprint density at radius 3 is 0.916 bits per heavy atom. The first-order valence-corrected chi connectivity index (χ1v) is 31.2. The fourth-order valence-corrected chi connectivity index (χ4v) is 10.8. The molecule has 9 aromatic rings. The first-order chi connectivity index (χ1) is 45.9. The molecule has 0 bridgehead atoms. The highest BCUT2D eigenvalue weighted by molar-refractivity contribution is 5.96. The summed E-state index contributed by atoms with van der Waals surface area (Å²) in [7, 11) is 0. The number of carboxylic acids is 3. The van der Waals surface area contributed by atoms with Crippen LogP contribution in [0.4, 0.5) is 8.78 Å². The monoisotopic (exact) mass is 1290 g/mol. The summed E-state index contributed by atoms with van der Waals surface area (Å²) in [6, 6.07) is 72.4. The van der Waals surface area contributed by atoms with Crippen LogP contribution in [0.3, 0.4) is 0 Å². The average Bonchev–Trinajstić information content (AvgIpc) is 0.931. The number of phenolic OH excluding ortho intramolecular Hbond substituents is 1. The molecule has 0 unspecified atom stereocenters. The van der Waals surface area contributed by atoms with Crippen molar-refractivity contribution >= 4 is 29.5 Å². The number of benzene rings is 9. The fourth-order valence-electron chi connectivity index (χ4n) is 10.8. The second-order valence-corrected chi connectivity index (χ2v) is 22.3. The highest BCUT2D eigenvalue weighted by atomic mass is 19.1. The topological polar surface area (TPSA) is 252 Å². The Morgan fingerprint density at radius 1 is 0.421 bits per heavy atom. The minimum absolute atomic E-state index is 0.0741. The molecule has 2 heterocycles. The van der Waals surface area contributed by atoms with Crippen LogP contribution in [0, 0.1) is 23.0 Å². The molecule has 0 amide bonds. The van der Waals surface area contributed by atoms with E-state index < -0.39 is 17.9 Å². The molecule has 11 rings (SSSR count). The first-order valence-electron chi connectivity index (χ1n) is 31.2. The van der Waals surface area contributed by atoms with Crippen LogP contribution >= 0.6 is 0 Å². The maximum atomic E-state index is 13.0. The molecule has 2 fully saturated rings. The Kier molecular flexibility index (Phi) is 30.6. The molecule has 2 saturated heterocycles. The average molecular weight is 1290 g/mol. The smallest absolute Gasteiger partial charge is 0.335 e. The van der Waals surface area contributed by atoms with Gasteiger partial charge in [-0.05, 0) is 119 Å². The number of hydrogen-bond acceptors (Lipinski definition) is 11. The summed E-state index contributed by atoms with van der Waals surface area (Å²) in [5, 5.41) is 62.1. The summed E-state index contributed by atoms with van der Waals surface area (Å²) in [5.74, 6) is -3.69. The van der Waals surface area contributed by atoms with Crippen molar-refractivity contribution in [2.75, 3.05) is 65.4 Å². The lowest BCUT2D eigenvalue weighted by molar-refractivity contribution is -0.905. The molecule has 6 N–H and O–H groups in total. The van der Waals surface area contributed by atoms with Gasteiger partial charge in [-0.15, -0.1) is 11.5 Å². The van der Waals surface area contributed by atoms with E-state index in [0.717, 1.165) is 78.3 Å². The van der Waals surface area contributed by atoms with E-state index in [4.69, 9.17) is 25.7 Å². The van der Waals surface area contributed by atoms with Gasteiger partial charge in [0.05, 0.1) is 74.1 Å². The summed E-state index contributed by atoms with van der Waals surface area (Å²) in [4.78, 5) is 63.6. The Hall–Kier alpha value is -10.7. The number of carbonyl (C=O) groups excluding carboxylic acids is 2. The zero-order valence-electron chi connectivity index (χ0n) is 52.9. The van der Waals surface area contributed by atoms with E-state index in [1.165, 1.54) is 126 Å². The Bertz CT molecular complexity index is 3410. The third kappa shape index (κ3) is 25.4. The van der Waals surface area contributed by atoms with Crippen LogP contribution in [0.1, 0.15) is 119 Å². The lowest BCUT2D eigenvalue weighted by Gasteiger charge is -2.38. The van der Waals surface area contributed by atoms with Crippen molar-refractivity contribution in [3.8, 4) is 23.3 Å². The van der Waals surface area contributed by atoms with Crippen LogP contribution in [-0.4, -0.2) is 125 Å². The summed E-state index contributed by atoms with van der Waals surface area (Å²) in [6.07, 6.45) is 2.78. The van der Waals surface area contributed by atoms with Crippen LogP contribution < -0.4 is 20.0 Å². The van der Waals surface area contributed by atoms with E-state index in [1.807, 2.05) is 0 Å². The Balaban J connectivity index is 0.000000205. The fraction of sp³-hybridized carbons (Fsp3) is 0.221. The number of carbonyl (C=O) groups is 5. The molecule has 2 aliphatic rings. The van der Waals surface area contributed by atoms with Gasteiger partial charge in [-0.3, -0.25) is 19.4 Å². The predicted molar refractivity (Wildman–Crippen MR) is 356 cm³/mol. The first kappa shape index (κ1) is 73.4. The van der Waals surface area contributed by atoms with E-state index in [1.54, 1.807) is 40.1 Å². The number of phenols is 1. The van der Waals surface area contributed by atoms with Gasteiger partial charge in [0.2, 0.25) is 0 Å². The number of aromatic hydroxyl groups is 1. The molecule has 0 saturated carbocycles. The van der Waals surface area contributed by atoms with E-state index in [-0.39, 0.29) is 69.2 Å². The molecule has 0 radical (unpaired) electrons. The Labute approximate surface area is 553 Å². The van der Waals surface area contributed by atoms with Crippen molar-refractivity contribution in [1.82, 2.24) is 9.80 Å². The second kappa shape index (κ2) is 39.7. The molecule has 0 aromatic heterocycles. The second-order valence-electron chi connectivity index (χ2n) is 22.3. The largest absolute Gasteiger partial charge is 0.872 e. The number of ketones is 2. The van der Waals surface area contributed by atoms with Gasteiger partial charge in [0.15, 0.2) is 11.6 Å². The van der Waals surface area contributed by atoms with Crippen molar-refractivity contribution in [3.63, 3.8) is 0 Å². The summed E-state index contributed by atoms with van der Waals surface area (Å²) in [6.45, 7) is 11.9. The number of nitrogens with one attached hydrogen (secondary N) is 2. The standard InChI is InChI=1S/2C27H29FN2O.3C7H6O3.C2H3N/c2*28-25-15-13-22(14-16-25)26(31)12-7-17-29-18-20-30(21-19-29)27(23-8-3-1-4-9-23)24-10-5-2-6-11-24;3*8-6-3-1-5(2-4-6)7(9)10;1-2-3/h2*1-6,8-11,13-16,27H,7,12,17-21H2;3*1-4,8H,(H,9,10);1H3. The zero-order chi connectivity index (χ0) is 68.3. The van der Waals surface area contributed by atoms with Crippen LogP contribution in [0.2, 0.25) is 0 Å². The van der Waals surface area contributed by atoms with E-state index >= 15 is 0 Å². The number of rotatable bonds is 19. The van der Waals surface area contributed by atoms with E-state index in [2.05, 4.69) is 131 Å². The lowest BCUT2D eigenvalue weighted by atomic mass is 9.96. The quantitative estimate of drug-likeness (QED) is 0.0412. The molecular weight excluding hydrogens is 1210 g/mol. The van der Waals surface area contributed by atoms with Gasteiger partial charge >= 0.3 is 17.9 Å². The number of Topliss-reactive ketones (excluding diaryl/α,β-unsaturated/α-hetero) is 2. The zero-order valence-corrected chi connectivity index (χ0v) is 52.9. The lowest BCUT2D eigenvalue weighted by Crippen LogP contribution is -3.14. The molecule has 0 atom stereocenters. The minimum atomic E-state index is -1.01. The maximum absolute atomic E-state index is 13.0. The molecule has 0 spiro atoms. The highest BCUT2D eigenvalue weighted by Gasteiger charge is 2.30. The van der Waals surface area contributed by atoms with Gasteiger partial charge < -0.3 is 40.4 Å². The third-order valence-corrected chi connectivity index (χ3v) is 15.7. The summed E-state index contributed by atoms with van der Waals surface area (Å²) >= 11 is 0. The third-order valence-electron chi connectivity index (χ3n) is 15.7. The minimum Gasteiger partial charge on any atom is -0.872 e. The molecular formula is C77H79F2N5O11. The molecule has 0 aliphatic carbocycles. The van der Waals surface area contributed by atoms with Gasteiger partial charge in [0, 0.05) is 69.9 Å². The number of nitrogens with zero attached hydrogens (tertiary/aromatic N) is 3. The van der Waals surface area contributed by atoms with Crippen molar-refractivity contribution < 1.29 is 73.2 Å². The molecule has 492 valence electrons. The van der Waals surface area contributed by atoms with Gasteiger partial charge in [0.1, 0.15) is 17.4 Å². The van der Waals surface area contributed by atoms with Crippen molar-refractivity contribution in [2.24, 2.45) is 0 Å². The predicted octanol–water partition coefficient (Wildman–Crippen LogP) is 10.1. The number of hydrogen-bond donors (Lipinski definition) is 6. The normalized spacial score (nSPS) is 13.0. The molecule has 16 nitrogen and oxygen atoms in total. The number of carboxylic acid groups (broad SMARTS) is 3. The van der Waals surface area contributed by atoms with Crippen LogP contribution in [0.25, 0.3) is 0 Å². The molecule has 9 aromatic carbocycles. The number of halogens is 2. The van der Waals surface area contributed by atoms with Crippen LogP contribution in [0.15, 0.2) is 243 Å². The SMILES string of the molecule is CC#N.O=C(CCC[NH+]1CCN(C(c2ccccc2)c2ccccc2)CC1)c1ccc(F)cc1.O=C(CCC[NH+]1CCN(C(c2ccccc2)c2ccccc2)CC1)c1ccc(F)cc1.O=C(O)c1ccc(O)cc1.O=C(O)c1ccc([O-])cc1.O=C(O)c1ccc([O-])cc1. The number of quaternary nitrogens is 2. The number of nitriles is 1. The summed E-state index contributed by atoms with van der Waals surface area (Å²) < 4.78 is 26.1. The van der Waals surface area contributed by atoms with E-state index in [0.29, 0.717) is 24.0 Å². The van der Waals surface area contributed by atoms with Crippen LogP contribution in [0.5, 0.6) is 17.2 Å². The van der Waals surface area contributed by atoms with Gasteiger partial charge in [-0.1, -0.05) is 146 Å². The van der Waals surface area contributed by atoms with Gasteiger partial charge in [-0.25, -0.2) is 23.2 Å². The Morgan fingerprint density at radius 2 is 0.663 bits per heavy atom. The maximum Gasteiger partial charge on any atom is 0.335 e. The van der Waals surface area contributed by atoms with E-state index in [9.17, 15) is 43.0 Å².